The summed E-state index contributed by atoms with van der Waals surface area (Å²) in [6.45, 7) is 8.50. The van der Waals surface area contributed by atoms with Crippen LogP contribution in [0.1, 0.15) is 88.2 Å². The molecule has 2 fully saturated rings. The Hall–Kier alpha value is -1.69. The summed E-state index contributed by atoms with van der Waals surface area (Å²) in [7, 11) is 0. The molecular weight excluding hydrogens is 376 g/mol. The Labute approximate surface area is 180 Å². The molecule has 0 aromatic carbocycles. The van der Waals surface area contributed by atoms with Gasteiger partial charge >= 0.3 is 0 Å². The van der Waals surface area contributed by atoms with Gasteiger partial charge in [0.1, 0.15) is 5.82 Å². The molecule has 6 heteroatoms. The number of likely N-dealkylation sites (tertiary alicyclic amines) is 1. The highest BCUT2D eigenvalue weighted by atomic mass is 16.2. The first kappa shape index (κ1) is 21.5. The van der Waals surface area contributed by atoms with Crippen molar-refractivity contribution in [1.29, 1.82) is 0 Å². The molecule has 1 atom stereocenters. The van der Waals surface area contributed by atoms with E-state index in [9.17, 15) is 9.59 Å². The van der Waals surface area contributed by atoms with Gasteiger partial charge < -0.3 is 9.88 Å². The first-order chi connectivity index (χ1) is 14.5. The maximum atomic E-state index is 12.9. The maximum Gasteiger partial charge on any atom is 0.255 e. The second-order valence-electron chi connectivity index (χ2n) is 9.77. The van der Waals surface area contributed by atoms with E-state index in [1.54, 1.807) is 0 Å². The van der Waals surface area contributed by atoms with Crippen molar-refractivity contribution in [3.05, 3.63) is 27.4 Å². The Bertz CT molecular complexity index is 791. The first-order valence-electron chi connectivity index (χ1n) is 12.2. The maximum absolute atomic E-state index is 12.9. The monoisotopic (exact) mass is 414 g/mol. The highest BCUT2D eigenvalue weighted by molar-refractivity contribution is 5.78. The van der Waals surface area contributed by atoms with Crippen LogP contribution >= 0.6 is 0 Å². The fraction of sp³-hybridized carbons (Fsp3) is 0.792. The van der Waals surface area contributed by atoms with Crippen LogP contribution in [0.15, 0.2) is 4.79 Å². The van der Waals surface area contributed by atoms with E-state index in [4.69, 9.17) is 4.98 Å². The quantitative estimate of drug-likeness (QED) is 0.801. The third-order valence-corrected chi connectivity index (χ3v) is 7.63. The highest BCUT2D eigenvalue weighted by Gasteiger charge is 2.29. The van der Waals surface area contributed by atoms with Crippen LogP contribution in [-0.2, 0) is 17.8 Å². The van der Waals surface area contributed by atoms with Gasteiger partial charge in [0.15, 0.2) is 0 Å². The molecule has 1 amide bonds. The van der Waals surface area contributed by atoms with Crippen LogP contribution in [0, 0.1) is 11.8 Å². The van der Waals surface area contributed by atoms with Crippen molar-refractivity contribution in [1.82, 2.24) is 19.8 Å². The molecule has 0 radical (unpaired) electrons. The fourth-order valence-electron chi connectivity index (χ4n) is 5.44. The van der Waals surface area contributed by atoms with Crippen molar-refractivity contribution in [2.75, 3.05) is 26.2 Å². The number of hydrogen-bond acceptors (Lipinski definition) is 4. The summed E-state index contributed by atoms with van der Waals surface area (Å²) in [4.78, 5) is 37.8. The van der Waals surface area contributed by atoms with E-state index in [1.807, 2.05) is 11.8 Å². The lowest BCUT2D eigenvalue weighted by Crippen LogP contribution is -2.42. The highest BCUT2D eigenvalue weighted by Crippen LogP contribution is 2.28. The molecule has 3 aliphatic rings. The van der Waals surface area contributed by atoms with Crippen LogP contribution < -0.4 is 5.56 Å². The topological polar surface area (TPSA) is 69.3 Å². The van der Waals surface area contributed by atoms with Crippen LogP contribution in [0.5, 0.6) is 0 Å². The van der Waals surface area contributed by atoms with Crippen LogP contribution in [-0.4, -0.2) is 51.9 Å². The van der Waals surface area contributed by atoms with Gasteiger partial charge in [-0.2, -0.15) is 0 Å². The van der Waals surface area contributed by atoms with E-state index in [0.29, 0.717) is 0 Å². The number of nitrogens with zero attached hydrogens (tertiary/aromatic N) is 3. The summed E-state index contributed by atoms with van der Waals surface area (Å²) in [6, 6.07) is 0. The van der Waals surface area contributed by atoms with Crippen LogP contribution in [0.25, 0.3) is 0 Å². The zero-order valence-electron chi connectivity index (χ0n) is 18.8. The minimum atomic E-state index is 0.0569. The Kier molecular flexibility index (Phi) is 6.91. The van der Waals surface area contributed by atoms with Crippen LogP contribution in [0.3, 0.4) is 0 Å². The average molecular weight is 415 g/mol. The molecule has 4 rings (SSSR count). The minimum Gasteiger partial charge on any atom is -0.342 e. The smallest absolute Gasteiger partial charge is 0.255 e. The number of amides is 1. The Balaban J connectivity index is 1.38. The van der Waals surface area contributed by atoms with Crippen molar-refractivity contribution in [2.24, 2.45) is 11.8 Å². The Morgan fingerprint density at radius 1 is 1.13 bits per heavy atom. The van der Waals surface area contributed by atoms with E-state index in [-0.39, 0.29) is 23.3 Å². The molecule has 1 unspecified atom stereocenters. The first-order valence-corrected chi connectivity index (χ1v) is 12.2. The van der Waals surface area contributed by atoms with Crippen LogP contribution in [0.2, 0.25) is 0 Å². The number of fused-ring (bicyclic) bond motifs is 1. The van der Waals surface area contributed by atoms with E-state index in [2.05, 4.69) is 16.8 Å². The molecule has 1 N–H and O–H groups in total. The molecule has 6 nitrogen and oxygen atoms in total. The summed E-state index contributed by atoms with van der Waals surface area (Å²) in [5.41, 5.74) is 1.94. The minimum absolute atomic E-state index is 0.0569. The van der Waals surface area contributed by atoms with Gasteiger partial charge in [-0.3, -0.25) is 14.5 Å². The molecule has 1 saturated heterocycles. The standard InChI is InChI=1S/C24H38N4O2/c1-3-17(2)24(30)28-13-9-19(10-14-28)22-25-21-11-12-27(16-20(21)23(29)26-22)15-18-7-5-4-6-8-18/h17-19H,3-16H2,1-2H3,(H,25,26,29). The van der Waals surface area contributed by atoms with E-state index in [0.717, 1.165) is 81.4 Å². The molecule has 1 saturated carbocycles. The predicted molar refractivity (Wildman–Crippen MR) is 118 cm³/mol. The second-order valence-corrected chi connectivity index (χ2v) is 9.77. The number of rotatable bonds is 5. The zero-order chi connectivity index (χ0) is 21.1. The number of nitrogens with one attached hydrogen (secondary N) is 1. The number of aromatic nitrogens is 2. The molecule has 0 bridgehead atoms. The van der Waals surface area contributed by atoms with Crippen molar-refractivity contribution in [2.45, 2.75) is 84.1 Å². The molecule has 2 aliphatic heterocycles. The van der Waals surface area contributed by atoms with Gasteiger partial charge in [0.25, 0.3) is 5.56 Å². The number of aromatic amines is 1. The molecular formula is C24H38N4O2. The fourth-order valence-corrected chi connectivity index (χ4v) is 5.44. The molecule has 1 aromatic heterocycles. The third-order valence-electron chi connectivity index (χ3n) is 7.63. The van der Waals surface area contributed by atoms with Gasteiger partial charge in [0, 0.05) is 51.0 Å². The van der Waals surface area contributed by atoms with E-state index < -0.39 is 0 Å². The Morgan fingerprint density at radius 3 is 2.57 bits per heavy atom. The van der Waals surface area contributed by atoms with Crippen molar-refractivity contribution in [3.8, 4) is 0 Å². The SMILES string of the molecule is CCC(C)C(=O)N1CCC(c2nc3c(c(=O)[nH]2)CN(CC2CCCCC2)CC3)CC1. The predicted octanol–water partition coefficient (Wildman–Crippen LogP) is 3.46. The largest absolute Gasteiger partial charge is 0.342 e. The van der Waals surface area contributed by atoms with Gasteiger partial charge in [0.05, 0.1) is 11.3 Å². The van der Waals surface area contributed by atoms with Crippen LogP contribution in [0.4, 0.5) is 0 Å². The van der Waals surface area contributed by atoms with Gasteiger partial charge in [-0.15, -0.1) is 0 Å². The normalized spacial score (nSPS) is 22.7. The van der Waals surface area contributed by atoms with Gasteiger partial charge in [-0.25, -0.2) is 4.98 Å². The Morgan fingerprint density at radius 2 is 1.87 bits per heavy atom. The lowest BCUT2D eigenvalue weighted by molar-refractivity contribution is -0.136. The summed E-state index contributed by atoms with van der Waals surface area (Å²) in [6.07, 6.45) is 10.3. The molecule has 30 heavy (non-hydrogen) atoms. The average Bonchev–Trinajstić information content (AvgIpc) is 2.79. The number of piperidine rings is 1. The number of carbonyl (C=O) groups excluding carboxylic acids is 1. The number of carbonyl (C=O) groups is 1. The zero-order valence-corrected chi connectivity index (χ0v) is 18.8. The summed E-state index contributed by atoms with van der Waals surface area (Å²) < 4.78 is 0. The van der Waals surface area contributed by atoms with E-state index in [1.165, 1.54) is 32.1 Å². The van der Waals surface area contributed by atoms with Crippen molar-refractivity contribution in [3.63, 3.8) is 0 Å². The molecule has 1 aliphatic carbocycles. The van der Waals surface area contributed by atoms with E-state index >= 15 is 0 Å². The van der Waals surface area contributed by atoms with Gasteiger partial charge in [-0.1, -0.05) is 33.1 Å². The number of hydrogen-bond donors (Lipinski definition) is 1. The molecule has 1 aromatic rings. The number of H-pyrrole nitrogens is 1. The second kappa shape index (κ2) is 9.63. The molecule has 0 spiro atoms. The van der Waals surface area contributed by atoms with Crippen molar-refractivity contribution < 1.29 is 4.79 Å². The lowest BCUT2D eigenvalue weighted by atomic mass is 9.88. The van der Waals surface area contributed by atoms with Gasteiger partial charge in [0.2, 0.25) is 5.91 Å². The summed E-state index contributed by atoms with van der Waals surface area (Å²) >= 11 is 0. The summed E-state index contributed by atoms with van der Waals surface area (Å²) in [5, 5.41) is 0. The van der Waals surface area contributed by atoms with Gasteiger partial charge in [-0.05, 0) is 38.0 Å². The molecule has 166 valence electrons. The molecule has 3 heterocycles. The van der Waals surface area contributed by atoms with Crippen molar-refractivity contribution >= 4 is 5.91 Å². The lowest BCUT2D eigenvalue weighted by Gasteiger charge is -2.34. The summed E-state index contributed by atoms with van der Waals surface area (Å²) in [5.74, 6) is 2.26. The third kappa shape index (κ3) is 4.79.